The summed E-state index contributed by atoms with van der Waals surface area (Å²) in [6, 6.07) is 7.73. The molecule has 1 aromatic carbocycles. The molecule has 0 atom stereocenters. The first kappa shape index (κ1) is 17.5. The van der Waals surface area contributed by atoms with Crippen LogP contribution in [0.4, 0.5) is 5.69 Å². The van der Waals surface area contributed by atoms with Crippen molar-refractivity contribution in [2.24, 2.45) is 0 Å². The van der Waals surface area contributed by atoms with Crippen molar-refractivity contribution in [3.63, 3.8) is 0 Å². The molecule has 0 aliphatic carbocycles. The fourth-order valence-corrected chi connectivity index (χ4v) is 6.19. The van der Waals surface area contributed by atoms with Crippen molar-refractivity contribution in [3.05, 3.63) is 40.5 Å². The van der Waals surface area contributed by atoms with Gasteiger partial charge in [0.1, 0.15) is 5.01 Å². The van der Waals surface area contributed by atoms with E-state index in [2.05, 4.69) is 10.1 Å². The highest BCUT2D eigenvalue weighted by Crippen LogP contribution is 2.34. The molecule has 0 amide bonds. The number of imidazole rings is 1. The maximum atomic E-state index is 13.6. The molecule has 0 fully saturated rings. The summed E-state index contributed by atoms with van der Waals surface area (Å²) < 4.78 is 30.3. The number of rotatable bonds is 4. The molecule has 0 radical (unpaired) electrons. The second-order valence-corrected chi connectivity index (χ2v) is 9.58. The summed E-state index contributed by atoms with van der Waals surface area (Å²) in [7, 11) is -3.74. The van der Waals surface area contributed by atoms with E-state index in [4.69, 9.17) is 0 Å². The molecule has 0 bridgehead atoms. The molecule has 1 aliphatic heterocycles. The average molecular weight is 391 g/mol. The molecule has 0 saturated heterocycles. The second kappa shape index (κ2) is 6.35. The van der Waals surface area contributed by atoms with Gasteiger partial charge in [0.25, 0.3) is 10.0 Å². The lowest BCUT2D eigenvalue weighted by atomic mass is 10.0. The number of para-hydroxylation sites is 1. The van der Waals surface area contributed by atoms with Crippen molar-refractivity contribution in [1.82, 2.24) is 14.6 Å². The third-order valence-electron chi connectivity index (χ3n) is 4.68. The third-order valence-corrected chi connectivity index (χ3v) is 7.74. The molecule has 2 aromatic heterocycles. The van der Waals surface area contributed by atoms with Crippen LogP contribution in [-0.4, -0.2) is 29.6 Å². The van der Waals surface area contributed by atoms with Gasteiger partial charge >= 0.3 is 0 Å². The summed E-state index contributed by atoms with van der Waals surface area (Å²) in [4.78, 5) is 5.21. The Kier molecular flexibility index (Phi) is 4.27. The van der Waals surface area contributed by atoms with Crippen LogP contribution >= 0.6 is 11.3 Å². The van der Waals surface area contributed by atoms with Crippen molar-refractivity contribution >= 4 is 32.0 Å². The van der Waals surface area contributed by atoms with E-state index in [-0.39, 0.29) is 10.9 Å². The fourth-order valence-electron chi connectivity index (χ4n) is 3.36. The van der Waals surface area contributed by atoms with Crippen molar-refractivity contribution in [2.75, 3.05) is 10.8 Å². The molecule has 0 saturated carbocycles. The van der Waals surface area contributed by atoms with Gasteiger partial charge in [-0.1, -0.05) is 50.3 Å². The Morgan fingerprint density at radius 1 is 1.27 bits per heavy atom. The first-order chi connectivity index (χ1) is 12.4. The van der Waals surface area contributed by atoms with E-state index in [9.17, 15) is 8.42 Å². The van der Waals surface area contributed by atoms with Gasteiger partial charge in [0.15, 0.2) is 0 Å². The maximum Gasteiger partial charge on any atom is 0.283 e. The lowest BCUT2D eigenvalue weighted by Crippen LogP contribution is -2.36. The predicted molar refractivity (Wildman–Crippen MR) is 104 cm³/mol. The lowest BCUT2D eigenvalue weighted by Gasteiger charge is -2.30. The van der Waals surface area contributed by atoms with E-state index in [0.717, 1.165) is 29.1 Å². The number of hydrogen-bond donors (Lipinski definition) is 0. The number of aryl methyl sites for hydroxylation is 2. The normalized spacial score (nSPS) is 15.0. The van der Waals surface area contributed by atoms with E-state index >= 15 is 0 Å². The van der Waals surface area contributed by atoms with Crippen LogP contribution in [-0.2, 0) is 22.9 Å². The molecule has 26 heavy (non-hydrogen) atoms. The fraction of sp³-hybridized carbons (Fsp3) is 0.444. The predicted octanol–water partition coefficient (Wildman–Crippen LogP) is 3.62. The zero-order valence-electron chi connectivity index (χ0n) is 15.1. The molecule has 0 N–H and O–H groups in total. The first-order valence-corrected chi connectivity index (χ1v) is 11.2. The average Bonchev–Trinajstić information content (AvgIpc) is 3.18. The van der Waals surface area contributed by atoms with E-state index < -0.39 is 10.0 Å². The number of anilines is 1. The van der Waals surface area contributed by atoms with E-state index in [1.54, 1.807) is 0 Å². The molecule has 6 nitrogen and oxygen atoms in total. The van der Waals surface area contributed by atoms with Gasteiger partial charge in [-0.25, -0.2) is 4.98 Å². The van der Waals surface area contributed by atoms with Crippen LogP contribution in [0.15, 0.2) is 29.3 Å². The molecular weight excluding hydrogens is 368 g/mol. The lowest BCUT2D eigenvalue weighted by molar-refractivity contribution is 0.576. The topological polar surface area (TPSA) is 67.6 Å². The second-order valence-electron chi connectivity index (χ2n) is 6.82. The van der Waals surface area contributed by atoms with E-state index in [0.29, 0.717) is 23.6 Å². The monoisotopic (exact) mass is 390 g/mol. The largest absolute Gasteiger partial charge is 0.283 e. The minimum Gasteiger partial charge on any atom is -0.265 e. The summed E-state index contributed by atoms with van der Waals surface area (Å²) in [5, 5.41) is 5.68. The van der Waals surface area contributed by atoms with Gasteiger partial charge in [0.05, 0.1) is 11.4 Å². The molecule has 0 spiro atoms. The van der Waals surface area contributed by atoms with Gasteiger partial charge < -0.3 is 0 Å². The number of nitrogens with zero attached hydrogens (tertiary/aromatic N) is 4. The van der Waals surface area contributed by atoms with Crippen LogP contribution in [0.5, 0.6) is 0 Å². The Balaban J connectivity index is 1.91. The summed E-state index contributed by atoms with van der Waals surface area (Å²) >= 11 is 1.46. The number of sulfonamides is 1. The summed E-state index contributed by atoms with van der Waals surface area (Å²) in [6.45, 7) is 6.51. The summed E-state index contributed by atoms with van der Waals surface area (Å²) in [6.07, 6.45) is 2.27. The zero-order valence-corrected chi connectivity index (χ0v) is 16.8. The van der Waals surface area contributed by atoms with Crippen molar-refractivity contribution in [3.8, 4) is 0 Å². The first-order valence-electron chi connectivity index (χ1n) is 8.92. The minimum absolute atomic E-state index is 0.217. The van der Waals surface area contributed by atoms with Crippen LogP contribution in [0.2, 0.25) is 0 Å². The molecule has 4 rings (SSSR count). The summed E-state index contributed by atoms with van der Waals surface area (Å²) in [5.41, 5.74) is 2.43. The molecule has 3 aromatic rings. The maximum absolute atomic E-state index is 13.6. The number of hydrogen-bond acceptors (Lipinski definition) is 5. The summed E-state index contributed by atoms with van der Waals surface area (Å²) in [5.74, 6) is 0.234. The van der Waals surface area contributed by atoms with Gasteiger partial charge in [0, 0.05) is 12.5 Å². The van der Waals surface area contributed by atoms with Gasteiger partial charge in [-0.3, -0.25) is 4.31 Å². The number of benzene rings is 1. The van der Waals surface area contributed by atoms with Gasteiger partial charge in [-0.05, 0) is 30.9 Å². The minimum atomic E-state index is -3.74. The molecule has 138 valence electrons. The Hall–Kier alpha value is -1.93. The van der Waals surface area contributed by atoms with Gasteiger partial charge in [-0.2, -0.15) is 18.0 Å². The van der Waals surface area contributed by atoms with Crippen molar-refractivity contribution in [2.45, 2.75) is 51.0 Å². The standard InChI is InChI=1S/C18H22N4O2S2/c1-4-14-17(22-18(19-14)25-16(20-22)12(2)3)26(23,24)21-11-7-9-13-8-5-6-10-15(13)21/h5-6,8,10,12H,4,7,9,11H2,1-3H3. The Labute approximate surface area is 157 Å². The molecule has 8 heteroatoms. The zero-order chi connectivity index (χ0) is 18.5. The Morgan fingerprint density at radius 2 is 2.04 bits per heavy atom. The van der Waals surface area contributed by atoms with E-state index in [1.807, 2.05) is 45.0 Å². The highest BCUT2D eigenvalue weighted by atomic mass is 32.2. The van der Waals surface area contributed by atoms with Crippen LogP contribution in [0.1, 0.15) is 49.4 Å². The smallest absolute Gasteiger partial charge is 0.265 e. The highest BCUT2D eigenvalue weighted by molar-refractivity contribution is 7.92. The Morgan fingerprint density at radius 3 is 2.77 bits per heavy atom. The van der Waals surface area contributed by atoms with Gasteiger partial charge in [-0.15, -0.1) is 0 Å². The number of fused-ring (bicyclic) bond motifs is 2. The molecular formula is C18H22N4O2S2. The van der Waals surface area contributed by atoms with Crippen LogP contribution in [0.25, 0.3) is 4.96 Å². The van der Waals surface area contributed by atoms with Crippen molar-refractivity contribution in [1.29, 1.82) is 0 Å². The van der Waals surface area contributed by atoms with Gasteiger partial charge in [0.2, 0.25) is 9.99 Å². The molecule has 0 unspecified atom stereocenters. The van der Waals surface area contributed by atoms with Crippen LogP contribution in [0.3, 0.4) is 0 Å². The molecule has 3 heterocycles. The van der Waals surface area contributed by atoms with Crippen LogP contribution in [0, 0.1) is 0 Å². The highest BCUT2D eigenvalue weighted by Gasteiger charge is 2.35. The van der Waals surface area contributed by atoms with E-state index in [1.165, 1.54) is 20.2 Å². The molecule has 1 aliphatic rings. The third kappa shape index (κ3) is 2.63. The van der Waals surface area contributed by atoms with Crippen LogP contribution < -0.4 is 4.31 Å². The SMILES string of the molecule is CCc1nc2sc(C(C)C)nn2c1S(=O)(=O)N1CCCc2ccccc21. The Bertz CT molecular complexity index is 1070. The van der Waals surface area contributed by atoms with Crippen molar-refractivity contribution < 1.29 is 8.42 Å². The quantitative estimate of drug-likeness (QED) is 0.682. The number of aromatic nitrogens is 3.